The highest BCUT2D eigenvalue weighted by Gasteiger charge is 2.21. The first kappa shape index (κ1) is 66.6. The predicted octanol–water partition coefficient (Wildman–Crippen LogP) is 30.0. The van der Waals surface area contributed by atoms with Crippen LogP contribution in [-0.4, -0.2) is 9.13 Å². The first-order valence-corrected chi connectivity index (χ1v) is 38.4. The number of fused-ring (bicyclic) bond motifs is 9. The molecule has 21 aromatic rings. The average molecular weight is 1430 g/mol. The Morgan fingerprint density at radius 1 is 0.143 bits per heavy atom. The second-order valence-corrected chi connectivity index (χ2v) is 28.8. The van der Waals surface area contributed by atoms with E-state index in [1.54, 1.807) is 0 Å². The maximum atomic E-state index is 2.39. The molecule has 21 rings (SSSR count). The minimum atomic E-state index is 1.09. The van der Waals surface area contributed by atoms with Gasteiger partial charge in [0.2, 0.25) is 0 Å². The average Bonchev–Trinajstić information content (AvgIpc) is 1.56. The molecule has 0 N–H and O–H groups in total. The standard InChI is InChI=1S/C56H38N2.C52H36N2/c1-2-13-45-37-46(28-25-39(45)11-1)42-31-35-48(36-32-42)57(49-15-10-16-50(38-49)58-55-21-7-5-18-53(55)54-19-6-8-22-56(54)58)47-33-29-41(30-34-47)40-23-26-44(27-24-40)52-20-9-14-43-12-3-4-17-51(43)52;1-2-11-37(12-3-1)39-21-23-40(24-22-39)41-27-31-45(32-28-41)53(46-33-29-42(30-34-46)44-26-25-38-13-4-5-14-43(38)35-44)47-15-10-16-48(36-47)54-51-19-8-6-17-49(51)50-18-7-9-20-52(50)54/h1-38H;1-36H. The van der Waals surface area contributed by atoms with Crippen LogP contribution in [0, 0.1) is 0 Å². The summed E-state index contributed by atoms with van der Waals surface area (Å²) >= 11 is 0. The van der Waals surface area contributed by atoms with Gasteiger partial charge in [-0.05, 0) is 220 Å². The van der Waals surface area contributed by atoms with Gasteiger partial charge < -0.3 is 18.9 Å². The van der Waals surface area contributed by atoms with E-state index in [0.29, 0.717) is 0 Å². The molecule has 0 radical (unpaired) electrons. The molecule has 0 spiro atoms. The maximum absolute atomic E-state index is 2.39. The van der Waals surface area contributed by atoms with Crippen LogP contribution in [0.2, 0.25) is 0 Å². The number of nitrogens with zero attached hydrogens (tertiary/aromatic N) is 4. The zero-order valence-electron chi connectivity index (χ0n) is 61.5. The molecule has 526 valence electrons. The minimum Gasteiger partial charge on any atom is -0.310 e. The number of aromatic nitrogens is 2. The number of hydrogen-bond acceptors (Lipinski definition) is 2. The summed E-state index contributed by atoms with van der Waals surface area (Å²) in [7, 11) is 0. The van der Waals surface area contributed by atoms with Crippen LogP contribution < -0.4 is 9.80 Å². The fourth-order valence-corrected chi connectivity index (χ4v) is 16.6. The van der Waals surface area contributed by atoms with E-state index in [1.165, 1.54) is 143 Å². The number of rotatable bonds is 14. The number of benzene rings is 19. The first-order chi connectivity index (χ1) is 55.5. The highest BCUT2D eigenvalue weighted by Crippen LogP contribution is 2.44. The lowest BCUT2D eigenvalue weighted by Gasteiger charge is -2.26. The van der Waals surface area contributed by atoms with Crippen molar-refractivity contribution in [1.82, 2.24) is 9.13 Å². The smallest absolute Gasteiger partial charge is 0.0541 e. The maximum Gasteiger partial charge on any atom is 0.0541 e. The molecule has 0 aliphatic rings. The summed E-state index contributed by atoms with van der Waals surface area (Å²) in [5.74, 6) is 0. The van der Waals surface area contributed by atoms with E-state index in [9.17, 15) is 0 Å². The zero-order valence-corrected chi connectivity index (χ0v) is 61.5. The molecule has 0 bridgehead atoms. The van der Waals surface area contributed by atoms with E-state index in [0.717, 1.165) is 45.5 Å². The van der Waals surface area contributed by atoms with Gasteiger partial charge in [0.25, 0.3) is 0 Å². The molecule has 4 nitrogen and oxygen atoms in total. The molecule has 0 saturated carbocycles. The normalized spacial score (nSPS) is 11.4. The summed E-state index contributed by atoms with van der Waals surface area (Å²) in [5, 5.41) is 12.6. The molecule has 0 atom stereocenters. The Morgan fingerprint density at radius 3 is 0.795 bits per heavy atom. The van der Waals surface area contributed by atoms with Gasteiger partial charge in [0.1, 0.15) is 0 Å². The fraction of sp³-hybridized carbons (Fsp3) is 0. The third-order valence-electron chi connectivity index (χ3n) is 22.2. The monoisotopic (exact) mass is 1430 g/mol. The predicted molar refractivity (Wildman–Crippen MR) is 476 cm³/mol. The molecule has 0 aliphatic heterocycles. The molecule has 0 amide bonds. The van der Waals surface area contributed by atoms with E-state index in [4.69, 9.17) is 0 Å². The number of anilines is 6. The first-order valence-electron chi connectivity index (χ1n) is 38.4. The molecule has 0 unspecified atom stereocenters. The highest BCUT2D eigenvalue weighted by molar-refractivity contribution is 6.11. The molecule has 0 aliphatic carbocycles. The largest absolute Gasteiger partial charge is 0.310 e. The third-order valence-corrected chi connectivity index (χ3v) is 22.2. The van der Waals surface area contributed by atoms with Crippen molar-refractivity contribution >= 4 is 110 Å². The molecule has 2 heterocycles. The van der Waals surface area contributed by atoms with Gasteiger partial charge in [-0.25, -0.2) is 0 Å². The van der Waals surface area contributed by atoms with E-state index in [-0.39, 0.29) is 0 Å². The number of para-hydroxylation sites is 4. The molecule has 19 aromatic carbocycles. The van der Waals surface area contributed by atoms with Crippen molar-refractivity contribution in [2.24, 2.45) is 0 Å². The van der Waals surface area contributed by atoms with Crippen molar-refractivity contribution in [3.8, 4) is 78.1 Å². The van der Waals surface area contributed by atoms with Crippen LogP contribution in [0.15, 0.2) is 449 Å². The minimum absolute atomic E-state index is 1.09. The van der Waals surface area contributed by atoms with Crippen molar-refractivity contribution < 1.29 is 0 Å². The second-order valence-electron chi connectivity index (χ2n) is 28.8. The van der Waals surface area contributed by atoms with Gasteiger partial charge in [-0.15, -0.1) is 0 Å². The van der Waals surface area contributed by atoms with Crippen LogP contribution in [0.5, 0.6) is 0 Å². The lowest BCUT2D eigenvalue weighted by molar-refractivity contribution is 1.17. The lowest BCUT2D eigenvalue weighted by atomic mass is 9.96. The molecular weight excluding hydrogens is 1350 g/mol. The highest BCUT2D eigenvalue weighted by atomic mass is 15.2. The molecule has 112 heavy (non-hydrogen) atoms. The molecule has 0 fully saturated rings. The van der Waals surface area contributed by atoms with E-state index >= 15 is 0 Å². The van der Waals surface area contributed by atoms with Crippen molar-refractivity contribution in [2.75, 3.05) is 9.80 Å². The summed E-state index contributed by atoms with van der Waals surface area (Å²) < 4.78 is 4.78. The topological polar surface area (TPSA) is 16.3 Å². The van der Waals surface area contributed by atoms with Crippen molar-refractivity contribution in [1.29, 1.82) is 0 Å². The van der Waals surface area contributed by atoms with Gasteiger partial charge in [0.15, 0.2) is 0 Å². The lowest BCUT2D eigenvalue weighted by Crippen LogP contribution is -2.10. The summed E-state index contributed by atoms with van der Waals surface area (Å²) in [6, 6.07) is 163. The van der Waals surface area contributed by atoms with E-state index in [1.807, 2.05) is 0 Å². The van der Waals surface area contributed by atoms with Crippen LogP contribution in [0.25, 0.3) is 154 Å². The summed E-state index contributed by atoms with van der Waals surface area (Å²) in [4.78, 5) is 4.73. The van der Waals surface area contributed by atoms with Gasteiger partial charge in [-0.2, -0.15) is 0 Å². The third kappa shape index (κ3) is 12.7. The van der Waals surface area contributed by atoms with Gasteiger partial charge in [-0.1, -0.05) is 328 Å². The van der Waals surface area contributed by atoms with E-state index in [2.05, 4.69) is 468 Å². The summed E-state index contributed by atoms with van der Waals surface area (Å²) in [6.07, 6.45) is 0. The molecule has 2 aromatic heterocycles. The van der Waals surface area contributed by atoms with Crippen LogP contribution in [0.3, 0.4) is 0 Å². The molecular formula is C108H74N4. The second kappa shape index (κ2) is 29.0. The number of hydrogen-bond donors (Lipinski definition) is 0. The summed E-state index contributed by atoms with van der Waals surface area (Å²) in [6.45, 7) is 0. The van der Waals surface area contributed by atoms with Crippen LogP contribution >= 0.6 is 0 Å². The fourth-order valence-electron chi connectivity index (χ4n) is 16.6. The van der Waals surface area contributed by atoms with Crippen LogP contribution in [0.1, 0.15) is 0 Å². The SMILES string of the molecule is c1cc(N(c2ccc(-c3ccc(-c4cccc5ccccc45)cc3)cc2)c2ccc(-c3ccc4ccccc4c3)cc2)cc(-n2c3ccccc3c3ccccc32)c1.c1ccc(-c2ccc(-c3ccc(N(c4ccc(-c5ccc6ccccc6c5)cc4)c4cccc(-n5c6ccccc6c6ccccc65)c4)cc3)cc2)cc1. The summed E-state index contributed by atoms with van der Waals surface area (Å²) in [5.41, 5.74) is 28.1. The Morgan fingerprint density at radius 2 is 0.411 bits per heavy atom. The Labute approximate surface area is 651 Å². The van der Waals surface area contributed by atoms with Gasteiger partial charge in [-0.3, -0.25) is 0 Å². The van der Waals surface area contributed by atoms with Gasteiger partial charge >= 0.3 is 0 Å². The van der Waals surface area contributed by atoms with Crippen LogP contribution in [-0.2, 0) is 0 Å². The molecule has 0 saturated heterocycles. The Hall–Kier alpha value is -14.8. The van der Waals surface area contributed by atoms with Crippen molar-refractivity contribution in [3.05, 3.63) is 449 Å². The van der Waals surface area contributed by atoms with Crippen molar-refractivity contribution in [3.63, 3.8) is 0 Å². The Kier molecular flexibility index (Phi) is 17.3. The van der Waals surface area contributed by atoms with Crippen molar-refractivity contribution in [2.45, 2.75) is 0 Å². The Balaban J connectivity index is 0.000000146. The quantitative estimate of drug-likeness (QED) is 0.108. The van der Waals surface area contributed by atoms with Gasteiger partial charge in [0, 0.05) is 67.0 Å². The van der Waals surface area contributed by atoms with E-state index < -0.39 is 0 Å². The molecule has 4 heteroatoms. The van der Waals surface area contributed by atoms with Gasteiger partial charge in [0.05, 0.1) is 22.1 Å². The van der Waals surface area contributed by atoms with Crippen LogP contribution in [0.4, 0.5) is 34.1 Å². The Bertz CT molecular complexity index is 6910. The zero-order chi connectivity index (χ0) is 74.3.